The molecule has 0 bridgehead atoms. The Morgan fingerprint density at radius 3 is 2.47 bits per heavy atom. The van der Waals surface area contributed by atoms with Gasteiger partial charge in [0.25, 0.3) is 0 Å². The van der Waals surface area contributed by atoms with Gasteiger partial charge in [-0.15, -0.1) is 0 Å². The van der Waals surface area contributed by atoms with E-state index < -0.39 is 0 Å². The number of rotatable bonds is 2. The van der Waals surface area contributed by atoms with Gasteiger partial charge in [-0.25, -0.2) is 0 Å². The number of ether oxygens (including phenoxy) is 2. The SMILES string of the molecule is CCC(C)(C)C1CCCCC12OCCO2. The van der Waals surface area contributed by atoms with Gasteiger partial charge in [-0.3, -0.25) is 0 Å². The van der Waals surface area contributed by atoms with Crippen molar-refractivity contribution < 1.29 is 9.47 Å². The molecule has 0 radical (unpaired) electrons. The Hall–Kier alpha value is -0.0800. The molecule has 1 atom stereocenters. The predicted molar refractivity (Wildman–Crippen MR) is 60.7 cm³/mol. The van der Waals surface area contributed by atoms with E-state index in [1.807, 2.05) is 0 Å². The first kappa shape index (κ1) is 11.4. The van der Waals surface area contributed by atoms with E-state index >= 15 is 0 Å². The van der Waals surface area contributed by atoms with Crippen molar-refractivity contribution in [1.82, 2.24) is 0 Å². The molecule has 88 valence electrons. The third-order valence-electron chi connectivity index (χ3n) is 4.43. The highest BCUT2D eigenvalue weighted by Gasteiger charge is 2.51. The summed E-state index contributed by atoms with van der Waals surface area (Å²) in [5, 5.41) is 0. The molecule has 1 aliphatic carbocycles. The summed E-state index contributed by atoms with van der Waals surface area (Å²) in [5.41, 5.74) is 0.338. The lowest BCUT2D eigenvalue weighted by Crippen LogP contribution is -2.48. The molecule has 1 aliphatic heterocycles. The standard InChI is InChI=1S/C13H24O2/c1-4-12(2,3)11-7-5-6-8-13(11)14-9-10-15-13/h11H,4-10H2,1-3H3. The minimum absolute atomic E-state index is 0.224. The van der Waals surface area contributed by atoms with Crippen LogP contribution in [0.1, 0.15) is 52.9 Å². The van der Waals surface area contributed by atoms with Gasteiger partial charge in [0.15, 0.2) is 5.79 Å². The van der Waals surface area contributed by atoms with E-state index in [9.17, 15) is 0 Å². The van der Waals surface area contributed by atoms with Gasteiger partial charge in [-0.2, -0.15) is 0 Å². The first-order valence-electron chi connectivity index (χ1n) is 6.39. The summed E-state index contributed by atoms with van der Waals surface area (Å²) in [6, 6.07) is 0. The second-order valence-corrected chi connectivity index (χ2v) is 5.65. The van der Waals surface area contributed by atoms with Crippen LogP contribution in [0.15, 0.2) is 0 Å². The third-order valence-corrected chi connectivity index (χ3v) is 4.43. The summed E-state index contributed by atoms with van der Waals surface area (Å²) in [5.74, 6) is 0.351. The van der Waals surface area contributed by atoms with Gasteiger partial charge in [0.2, 0.25) is 0 Å². The highest BCUT2D eigenvalue weighted by molar-refractivity contribution is 4.93. The van der Waals surface area contributed by atoms with Gasteiger partial charge in [-0.1, -0.05) is 33.6 Å². The van der Waals surface area contributed by atoms with E-state index in [-0.39, 0.29) is 5.79 Å². The van der Waals surface area contributed by atoms with E-state index in [4.69, 9.17) is 9.47 Å². The lowest BCUT2D eigenvalue weighted by molar-refractivity contribution is -0.236. The molecule has 2 aliphatic rings. The van der Waals surface area contributed by atoms with Crippen LogP contribution in [0.4, 0.5) is 0 Å². The summed E-state index contributed by atoms with van der Waals surface area (Å²) in [7, 11) is 0. The van der Waals surface area contributed by atoms with Crippen molar-refractivity contribution in [2.24, 2.45) is 11.3 Å². The Balaban J connectivity index is 2.19. The fourth-order valence-electron chi connectivity index (χ4n) is 3.16. The smallest absolute Gasteiger partial charge is 0.171 e. The first-order chi connectivity index (χ1) is 7.11. The van der Waals surface area contributed by atoms with Crippen molar-refractivity contribution >= 4 is 0 Å². The van der Waals surface area contributed by atoms with Crippen LogP contribution < -0.4 is 0 Å². The highest BCUT2D eigenvalue weighted by Crippen LogP contribution is 2.49. The second-order valence-electron chi connectivity index (χ2n) is 5.65. The van der Waals surface area contributed by atoms with Crippen molar-refractivity contribution in [2.45, 2.75) is 58.7 Å². The molecule has 1 saturated carbocycles. The maximum Gasteiger partial charge on any atom is 0.171 e. The monoisotopic (exact) mass is 212 g/mol. The molecule has 1 saturated heterocycles. The molecule has 2 heteroatoms. The molecule has 0 aromatic heterocycles. The van der Waals surface area contributed by atoms with E-state index in [0.717, 1.165) is 19.6 Å². The third kappa shape index (κ3) is 1.94. The van der Waals surface area contributed by atoms with Crippen LogP contribution in [0, 0.1) is 11.3 Å². The maximum absolute atomic E-state index is 5.96. The summed E-state index contributed by atoms with van der Waals surface area (Å²) >= 11 is 0. The molecule has 1 unspecified atom stereocenters. The fraction of sp³-hybridized carbons (Fsp3) is 1.00. The fourth-order valence-corrected chi connectivity index (χ4v) is 3.16. The molecule has 0 N–H and O–H groups in total. The molecule has 0 aromatic carbocycles. The first-order valence-corrected chi connectivity index (χ1v) is 6.39. The van der Waals surface area contributed by atoms with Gasteiger partial charge in [0, 0.05) is 12.3 Å². The Morgan fingerprint density at radius 2 is 1.87 bits per heavy atom. The molecule has 0 amide bonds. The topological polar surface area (TPSA) is 18.5 Å². The number of hydrogen-bond acceptors (Lipinski definition) is 2. The van der Waals surface area contributed by atoms with Crippen molar-refractivity contribution in [3.63, 3.8) is 0 Å². The van der Waals surface area contributed by atoms with Gasteiger partial charge >= 0.3 is 0 Å². The zero-order chi connectivity index (χ0) is 10.9. The Kier molecular flexibility index (Phi) is 3.09. The quantitative estimate of drug-likeness (QED) is 0.699. The molecule has 2 rings (SSSR count). The minimum atomic E-state index is -0.224. The van der Waals surface area contributed by atoms with Crippen LogP contribution >= 0.6 is 0 Å². The van der Waals surface area contributed by atoms with E-state index in [1.54, 1.807) is 0 Å². The van der Waals surface area contributed by atoms with Crippen LogP contribution in [-0.2, 0) is 9.47 Å². The zero-order valence-electron chi connectivity index (χ0n) is 10.3. The van der Waals surface area contributed by atoms with Gasteiger partial charge in [0.05, 0.1) is 13.2 Å². The van der Waals surface area contributed by atoms with Crippen LogP contribution in [0.25, 0.3) is 0 Å². The van der Waals surface area contributed by atoms with Crippen molar-refractivity contribution in [3.8, 4) is 0 Å². The average Bonchev–Trinajstić information content (AvgIpc) is 2.67. The van der Waals surface area contributed by atoms with Gasteiger partial charge in [0.1, 0.15) is 0 Å². The summed E-state index contributed by atoms with van der Waals surface area (Å²) in [6.45, 7) is 8.56. The molecular formula is C13H24O2. The Morgan fingerprint density at radius 1 is 1.20 bits per heavy atom. The van der Waals surface area contributed by atoms with Crippen LogP contribution in [-0.4, -0.2) is 19.0 Å². The van der Waals surface area contributed by atoms with E-state index in [2.05, 4.69) is 20.8 Å². The van der Waals surface area contributed by atoms with Crippen LogP contribution in [0.2, 0.25) is 0 Å². The van der Waals surface area contributed by atoms with Gasteiger partial charge in [-0.05, 0) is 18.3 Å². The zero-order valence-corrected chi connectivity index (χ0v) is 10.3. The van der Waals surface area contributed by atoms with Crippen molar-refractivity contribution in [1.29, 1.82) is 0 Å². The Labute approximate surface area is 93.3 Å². The molecule has 0 aromatic rings. The van der Waals surface area contributed by atoms with Crippen molar-refractivity contribution in [3.05, 3.63) is 0 Å². The highest BCUT2D eigenvalue weighted by atomic mass is 16.7. The lowest BCUT2D eigenvalue weighted by Gasteiger charge is -2.47. The predicted octanol–water partition coefficient (Wildman–Crippen LogP) is 3.36. The number of hydrogen-bond donors (Lipinski definition) is 0. The normalized spacial score (nSPS) is 31.0. The van der Waals surface area contributed by atoms with E-state index in [1.165, 1.54) is 25.7 Å². The molecule has 2 fully saturated rings. The summed E-state index contributed by atoms with van der Waals surface area (Å²) in [4.78, 5) is 0. The minimum Gasteiger partial charge on any atom is -0.347 e. The molecule has 1 heterocycles. The van der Waals surface area contributed by atoms with E-state index in [0.29, 0.717) is 11.3 Å². The van der Waals surface area contributed by atoms with Crippen LogP contribution in [0.3, 0.4) is 0 Å². The lowest BCUT2D eigenvalue weighted by atomic mass is 9.66. The molecular weight excluding hydrogens is 188 g/mol. The molecule has 1 spiro atoms. The summed E-state index contributed by atoms with van der Waals surface area (Å²) in [6.07, 6.45) is 6.16. The largest absolute Gasteiger partial charge is 0.347 e. The van der Waals surface area contributed by atoms with Crippen LogP contribution in [0.5, 0.6) is 0 Å². The van der Waals surface area contributed by atoms with Gasteiger partial charge < -0.3 is 9.47 Å². The average molecular weight is 212 g/mol. The maximum atomic E-state index is 5.96. The van der Waals surface area contributed by atoms with Crippen molar-refractivity contribution in [2.75, 3.05) is 13.2 Å². The second kappa shape index (κ2) is 4.06. The molecule has 15 heavy (non-hydrogen) atoms. The Bertz CT molecular complexity index is 217. The summed E-state index contributed by atoms with van der Waals surface area (Å²) < 4.78 is 11.9. The molecule has 2 nitrogen and oxygen atoms in total.